The van der Waals surface area contributed by atoms with Crippen molar-refractivity contribution in [2.45, 2.75) is 24.4 Å². The van der Waals surface area contributed by atoms with Crippen LogP contribution in [0.4, 0.5) is 13.2 Å². The number of amides is 1. The number of alkyl halides is 3. The lowest BCUT2D eigenvalue weighted by Crippen LogP contribution is -2.37. The van der Waals surface area contributed by atoms with Crippen molar-refractivity contribution in [1.29, 1.82) is 0 Å². The second kappa shape index (κ2) is 6.36. The molecule has 1 aromatic carbocycles. The number of benzene rings is 1. The van der Waals surface area contributed by atoms with Crippen LogP contribution in [0.3, 0.4) is 0 Å². The minimum Gasteiger partial charge on any atom is -0.370 e. The van der Waals surface area contributed by atoms with Crippen LogP contribution in [0.5, 0.6) is 0 Å². The van der Waals surface area contributed by atoms with E-state index >= 15 is 0 Å². The summed E-state index contributed by atoms with van der Waals surface area (Å²) in [5.74, 6) is -0.156. The fourth-order valence-electron chi connectivity index (χ4n) is 2.15. The monoisotopic (exact) mass is 365 g/mol. The molecule has 0 radical (unpaired) electrons. The molecule has 1 aliphatic carbocycles. The summed E-state index contributed by atoms with van der Waals surface area (Å²) >= 11 is 3.37. The van der Waals surface area contributed by atoms with Gasteiger partial charge in [0, 0.05) is 11.0 Å². The number of halogens is 4. The van der Waals surface area contributed by atoms with Crippen LogP contribution in [0.15, 0.2) is 28.7 Å². The Morgan fingerprint density at radius 2 is 2.10 bits per heavy atom. The van der Waals surface area contributed by atoms with Crippen LogP contribution in [0.2, 0.25) is 0 Å². The minimum absolute atomic E-state index is 0.0741. The molecule has 2 rings (SSSR count). The van der Waals surface area contributed by atoms with E-state index in [0.29, 0.717) is 0 Å². The van der Waals surface area contributed by atoms with Gasteiger partial charge >= 0.3 is 6.18 Å². The summed E-state index contributed by atoms with van der Waals surface area (Å²) in [5, 5.41) is 2.64. The molecule has 116 valence electrons. The molecule has 0 saturated heterocycles. The maximum Gasteiger partial charge on any atom is 0.411 e. The highest BCUT2D eigenvalue weighted by Crippen LogP contribution is 2.48. The quantitative estimate of drug-likeness (QED) is 0.786. The number of hydrogen-bond acceptors (Lipinski definition) is 2. The molecular formula is C14H15BrF3NO2. The first-order chi connectivity index (χ1) is 9.83. The molecule has 0 aliphatic heterocycles. The minimum atomic E-state index is -4.34. The van der Waals surface area contributed by atoms with E-state index in [1.807, 2.05) is 24.3 Å². The van der Waals surface area contributed by atoms with Crippen molar-refractivity contribution in [3.63, 3.8) is 0 Å². The topological polar surface area (TPSA) is 38.3 Å². The van der Waals surface area contributed by atoms with Crippen molar-refractivity contribution in [2.75, 3.05) is 19.8 Å². The molecular weight excluding hydrogens is 351 g/mol. The maximum absolute atomic E-state index is 12.2. The van der Waals surface area contributed by atoms with E-state index in [1.165, 1.54) is 0 Å². The van der Waals surface area contributed by atoms with Crippen LogP contribution in [-0.4, -0.2) is 31.8 Å². The zero-order valence-corrected chi connectivity index (χ0v) is 12.8. The molecule has 0 atom stereocenters. The van der Waals surface area contributed by atoms with Crippen molar-refractivity contribution >= 4 is 21.8 Å². The molecule has 1 amide bonds. The van der Waals surface area contributed by atoms with Crippen LogP contribution in [0.1, 0.15) is 18.4 Å². The third kappa shape index (κ3) is 4.44. The van der Waals surface area contributed by atoms with Crippen molar-refractivity contribution in [3.8, 4) is 0 Å². The van der Waals surface area contributed by atoms with Gasteiger partial charge in [0.15, 0.2) is 0 Å². The largest absolute Gasteiger partial charge is 0.411 e. The number of ether oxygens (including phenoxy) is 1. The van der Waals surface area contributed by atoms with Gasteiger partial charge in [-0.1, -0.05) is 28.1 Å². The first-order valence-electron chi connectivity index (χ1n) is 6.52. The first kappa shape index (κ1) is 16.3. The normalized spacial score (nSPS) is 16.6. The molecule has 0 heterocycles. The average molecular weight is 366 g/mol. The molecule has 1 N–H and O–H groups in total. The number of rotatable bonds is 6. The van der Waals surface area contributed by atoms with Gasteiger partial charge in [0.2, 0.25) is 5.91 Å². The summed E-state index contributed by atoms with van der Waals surface area (Å²) in [6, 6.07) is 7.52. The molecule has 3 nitrogen and oxygen atoms in total. The second-order valence-corrected chi connectivity index (χ2v) is 5.93. The van der Waals surface area contributed by atoms with E-state index in [0.717, 1.165) is 22.9 Å². The molecule has 1 saturated carbocycles. The molecule has 1 aromatic rings. The van der Waals surface area contributed by atoms with Gasteiger partial charge in [0.1, 0.15) is 6.61 Å². The summed E-state index contributed by atoms with van der Waals surface area (Å²) in [6.45, 7) is -1.37. The zero-order valence-electron chi connectivity index (χ0n) is 11.2. The van der Waals surface area contributed by atoms with Crippen LogP contribution in [0, 0.1) is 0 Å². The first-order valence-corrected chi connectivity index (χ1v) is 7.32. The predicted molar refractivity (Wildman–Crippen MR) is 74.9 cm³/mol. The Kier molecular flexibility index (Phi) is 4.93. The third-order valence-corrected chi connectivity index (χ3v) is 3.85. The Balaban J connectivity index is 1.81. The Bertz CT molecular complexity index is 515. The lowest BCUT2D eigenvalue weighted by atomic mass is 9.95. The number of nitrogens with one attached hydrogen (secondary N) is 1. The highest BCUT2D eigenvalue weighted by atomic mass is 79.9. The Labute approximate surface area is 129 Å². The second-order valence-electron chi connectivity index (χ2n) is 5.02. The van der Waals surface area contributed by atoms with E-state index < -0.39 is 18.2 Å². The lowest BCUT2D eigenvalue weighted by Gasteiger charge is -2.16. The molecule has 0 unspecified atom stereocenters. The molecule has 1 aliphatic rings. The van der Waals surface area contributed by atoms with Gasteiger partial charge in [0.25, 0.3) is 0 Å². The van der Waals surface area contributed by atoms with Gasteiger partial charge in [-0.2, -0.15) is 13.2 Å². The number of carbonyl (C=O) groups excluding carboxylic acids is 1. The van der Waals surface area contributed by atoms with Gasteiger partial charge in [-0.25, -0.2) is 0 Å². The number of carbonyl (C=O) groups is 1. The Morgan fingerprint density at radius 1 is 1.38 bits per heavy atom. The van der Waals surface area contributed by atoms with E-state index in [1.54, 1.807) is 0 Å². The summed E-state index contributed by atoms with van der Waals surface area (Å²) in [7, 11) is 0. The van der Waals surface area contributed by atoms with Crippen molar-refractivity contribution < 1.29 is 22.7 Å². The Hall–Kier alpha value is -1.08. The summed E-state index contributed by atoms with van der Waals surface area (Å²) in [5.41, 5.74) is 0.388. The lowest BCUT2D eigenvalue weighted by molar-refractivity contribution is -0.173. The van der Waals surface area contributed by atoms with Crippen molar-refractivity contribution in [2.24, 2.45) is 0 Å². The predicted octanol–water partition coefficient (Wildman–Crippen LogP) is 3.18. The Morgan fingerprint density at radius 3 is 2.67 bits per heavy atom. The molecule has 7 heteroatoms. The third-order valence-electron chi connectivity index (χ3n) is 3.36. The van der Waals surface area contributed by atoms with Gasteiger partial charge in [-0.15, -0.1) is 0 Å². The van der Waals surface area contributed by atoms with E-state index in [2.05, 4.69) is 26.0 Å². The summed E-state index contributed by atoms with van der Waals surface area (Å²) in [4.78, 5) is 12.2. The van der Waals surface area contributed by atoms with Gasteiger partial charge in [-0.05, 0) is 30.5 Å². The standard InChI is InChI=1S/C14H15BrF3NO2/c15-11-3-1-2-10(8-11)13(4-5-13)12(20)19-6-7-21-9-14(16,17)18/h1-3,8H,4-7,9H2,(H,19,20). The molecule has 1 fully saturated rings. The van der Waals surface area contributed by atoms with Crippen molar-refractivity contribution in [1.82, 2.24) is 5.32 Å². The van der Waals surface area contributed by atoms with E-state index in [-0.39, 0.29) is 19.1 Å². The average Bonchev–Trinajstić information content (AvgIpc) is 3.18. The highest BCUT2D eigenvalue weighted by molar-refractivity contribution is 9.10. The van der Waals surface area contributed by atoms with E-state index in [4.69, 9.17) is 0 Å². The molecule has 0 aromatic heterocycles. The smallest absolute Gasteiger partial charge is 0.370 e. The SMILES string of the molecule is O=C(NCCOCC(F)(F)F)C1(c2cccc(Br)c2)CC1. The van der Waals surface area contributed by atoms with Crippen LogP contribution in [0.25, 0.3) is 0 Å². The fourth-order valence-corrected chi connectivity index (χ4v) is 2.55. The fraction of sp³-hybridized carbons (Fsp3) is 0.500. The summed E-state index contributed by atoms with van der Waals surface area (Å²) < 4.78 is 41.0. The van der Waals surface area contributed by atoms with Crippen molar-refractivity contribution in [3.05, 3.63) is 34.3 Å². The molecule has 0 bridgehead atoms. The van der Waals surface area contributed by atoms with E-state index in [9.17, 15) is 18.0 Å². The van der Waals surface area contributed by atoms with Gasteiger partial charge in [0.05, 0.1) is 12.0 Å². The molecule has 21 heavy (non-hydrogen) atoms. The van der Waals surface area contributed by atoms with Gasteiger partial charge < -0.3 is 10.1 Å². The maximum atomic E-state index is 12.2. The van der Waals surface area contributed by atoms with Crippen LogP contribution >= 0.6 is 15.9 Å². The van der Waals surface area contributed by atoms with Crippen LogP contribution in [-0.2, 0) is 14.9 Å². The van der Waals surface area contributed by atoms with Gasteiger partial charge in [-0.3, -0.25) is 4.79 Å². The zero-order chi connectivity index (χ0) is 15.5. The highest BCUT2D eigenvalue weighted by Gasteiger charge is 2.51. The summed E-state index contributed by atoms with van der Waals surface area (Å²) in [6.07, 6.45) is -2.84. The molecule has 0 spiro atoms. The number of hydrogen-bond donors (Lipinski definition) is 1. The van der Waals surface area contributed by atoms with Crippen LogP contribution < -0.4 is 5.32 Å².